The number of unbranched alkanes of at least 4 members (excludes halogenated alkanes) is 2. The van der Waals surface area contributed by atoms with Crippen LogP contribution in [0.25, 0.3) is 0 Å². The van der Waals surface area contributed by atoms with Gasteiger partial charge in [0, 0.05) is 12.0 Å². The van der Waals surface area contributed by atoms with Crippen molar-refractivity contribution in [3.05, 3.63) is 12.2 Å². The summed E-state index contributed by atoms with van der Waals surface area (Å²) in [5.41, 5.74) is 0.410. The molecule has 4 nitrogen and oxygen atoms in total. The van der Waals surface area contributed by atoms with Gasteiger partial charge in [-0.05, 0) is 38.4 Å². The molecule has 0 N–H and O–H groups in total. The molecule has 0 aromatic rings. The first-order valence-electron chi connectivity index (χ1n) is 6.17. The fourth-order valence-electron chi connectivity index (χ4n) is 1.15. The molecule has 0 heterocycles. The van der Waals surface area contributed by atoms with Crippen LogP contribution in [0.15, 0.2) is 12.2 Å². The van der Waals surface area contributed by atoms with Crippen molar-refractivity contribution in [2.45, 2.75) is 39.0 Å². The largest absolute Gasteiger partial charge is 0.466 e. The van der Waals surface area contributed by atoms with Crippen LogP contribution in [0.3, 0.4) is 0 Å². The third-order valence-electron chi connectivity index (χ3n) is 2.17. The van der Waals surface area contributed by atoms with Gasteiger partial charge in [0.25, 0.3) is 0 Å². The Morgan fingerprint density at radius 3 is 2.22 bits per heavy atom. The lowest BCUT2D eigenvalue weighted by atomic mass is 10.2. The average Bonchev–Trinajstić information content (AvgIpc) is 2.34. The van der Waals surface area contributed by atoms with Crippen molar-refractivity contribution in [3.63, 3.8) is 0 Å². The molecule has 0 bridgehead atoms. The molecule has 0 unspecified atom stereocenters. The van der Waals surface area contributed by atoms with Crippen molar-refractivity contribution in [1.82, 2.24) is 0 Å². The van der Waals surface area contributed by atoms with Crippen molar-refractivity contribution < 1.29 is 19.1 Å². The Hall–Kier alpha value is -0.970. The van der Waals surface area contributed by atoms with Gasteiger partial charge < -0.3 is 9.47 Å². The van der Waals surface area contributed by atoms with Gasteiger partial charge in [-0.1, -0.05) is 6.58 Å². The Morgan fingerprint density at radius 1 is 1.06 bits per heavy atom. The highest BCUT2D eigenvalue weighted by Crippen LogP contribution is 2.01. The van der Waals surface area contributed by atoms with Crippen molar-refractivity contribution >= 4 is 24.6 Å². The molecule has 5 heteroatoms. The summed E-state index contributed by atoms with van der Waals surface area (Å²) in [6, 6.07) is 0. The van der Waals surface area contributed by atoms with Gasteiger partial charge in [-0.2, -0.15) is 12.6 Å². The smallest absolute Gasteiger partial charge is 0.333 e. The molecule has 0 saturated carbocycles. The molecule has 0 fully saturated rings. The van der Waals surface area contributed by atoms with E-state index in [0.717, 1.165) is 25.7 Å². The molecule has 0 atom stereocenters. The highest BCUT2D eigenvalue weighted by Gasteiger charge is 2.03. The monoisotopic (exact) mass is 274 g/mol. The normalized spacial score (nSPS) is 9.89. The Bertz CT molecular complexity index is 276. The molecular formula is C13H22O4S. The summed E-state index contributed by atoms with van der Waals surface area (Å²) in [6.07, 6.45) is 3.60. The van der Waals surface area contributed by atoms with E-state index < -0.39 is 0 Å². The van der Waals surface area contributed by atoms with Crippen molar-refractivity contribution in [3.8, 4) is 0 Å². The Morgan fingerprint density at radius 2 is 1.67 bits per heavy atom. The molecule has 0 aliphatic heterocycles. The molecule has 0 aliphatic rings. The van der Waals surface area contributed by atoms with E-state index in [-0.39, 0.29) is 11.9 Å². The molecule has 0 spiro atoms. The van der Waals surface area contributed by atoms with E-state index in [9.17, 15) is 9.59 Å². The van der Waals surface area contributed by atoms with Gasteiger partial charge in [0.15, 0.2) is 0 Å². The van der Waals surface area contributed by atoms with E-state index in [1.165, 1.54) is 0 Å². The molecule has 0 rings (SSSR count). The van der Waals surface area contributed by atoms with E-state index in [0.29, 0.717) is 31.0 Å². The minimum absolute atomic E-state index is 0.169. The molecular weight excluding hydrogens is 252 g/mol. The van der Waals surface area contributed by atoms with Crippen LogP contribution in [-0.4, -0.2) is 30.9 Å². The first-order chi connectivity index (χ1) is 8.57. The predicted molar refractivity (Wildman–Crippen MR) is 73.7 cm³/mol. The maximum absolute atomic E-state index is 11.1. The van der Waals surface area contributed by atoms with Crippen LogP contribution in [-0.2, 0) is 19.1 Å². The molecule has 0 aromatic carbocycles. The first kappa shape index (κ1) is 17.0. The van der Waals surface area contributed by atoms with Gasteiger partial charge in [-0.3, -0.25) is 4.79 Å². The molecule has 104 valence electrons. The summed E-state index contributed by atoms with van der Waals surface area (Å²) >= 11 is 4.02. The molecule has 0 amide bonds. The zero-order valence-electron chi connectivity index (χ0n) is 10.9. The maximum Gasteiger partial charge on any atom is 0.333 e. The third kappa shape index (κ3) is 10.2. The number of ether oxygens (including phenoxy) is 2. The molecule has 0 aliphatic carbocycles. The van der Waals surface area contributed by atoms with E-state index in [1.54, 1.807) is 6.92 Å². The van der Waals surface area contributed by atoms with Crippen LogP contribution in [0.2, 0.25) is 0 Å². The first-order valence-corrected chi connectivity index (χ1v) is 6.80. The fraction of sp³-hybridized carbons (Fsp3) is 0.692. The molecule has 18 heavy (non-hydrogen) atoms. The number of esters is 2. The minimum Gasteiger partial charge on any atom is -0.466 e. The number of rotatable bonds is 10. The van der Waals surface area contributed by atoms with Crippen LogP contribution in [0.1, 0.15) is 39.0 Å². The van der Waals surface area contributed by atoms with Gasteiger partial charge >= 0.3 is 11.9 Å². The average molecular weight is 274 g/mol. The summed E-state index contributed by atoms with van der Waals surface area (Å²) in [6.45, 7) is 5.93. The van der Waals surface area contributed by atoms with Crippen molar-refractivity contribution in [2.24, 2.45) is 0 Å². The summed E-state index contributed by atoms with van der Waals surface area (Å²) in [5, 5.41) is 0. The van der Waals surface area contributed by atoms with Crippen molar-refractivity contribution in [1.29, 1.82) is 0 Å². The van der Waals surface area contributed by atoms with Gasteiger partial charge in [-0.25, -0.2) is 4.79 Å². The fourth-order valence-corrected chi connectivity index (χ4v) is 1.31. The summed E-state index contributed by atoms with van der Waals surface area (Å²) in [4.78, 5) is 22.1. The SMILES string of the molecule is C=C(C)C(=O)OCCCCCOC(=O)CCCS. The highest BCUT2D eigenvalue weighted by molar-refractivity contribution is 7.80. The van der Waals surface area contributed by atoms with E-state index in [4.69, 9.17) is 9.47 Å². The standard InChI is InChI=1S/C13H22O4S/c1-11(2)13(15)17-9-5-3-4-8-16-12(14)7-6-10-18/h18H,1,3-10H2,2H3. The number of thiol groups is 1. The van der Waals surface area contributed by atoms with Crippen LogP contribution < -0.4 is 0 Å². The predicted octanol–water partition coefficient (Wildman–Crippen LogP) is 2.53. The molecule has 0 saturated heterocycles. The zero-order chi connectivity index (χ0) is 13.8. The second-order valence-electron chi connectivity index (χ2n) is 4.02. The lowest BCUT2D eigenvalue weighted by molar-refractivity contribution is -0.143. The van der Waals surface area contributed by atoms with Crippen LogP contribution in [0.5, 0.6) is 0 Å². The number of hydrogen-bond acceptors (Lipinski definition) is 5. The number of carbonyl (C=O) groups excluding carboxylic acids is 2. The Kier molecular flexibility index (Phi) is 10.5. The summed E-state index contributed by atoms with van der Waals surface area (Å²) < 4.78 is 9.94. The highest BCUT2D eigenvalue weighted by atomic mass is 32.1. The van der Waals surface area contributed by atoms with Gasteiger partial charge in [0.05, 0.1) is 13.2 Å². The Balaban J connectivity index is 3.28. The summed E-state index contributed by atoms with van der Waals surface area (Å²) in [7, 11) is 0. The third-order valence-corrected chi connectivity index (χ3v) is 2.49. The van der Waals surface area contributed by atoms with Gasteiger partial charge in [0.1, 0.15) is 0 Å². The molecule has 0 radical (unpaired) electrons. The minimum atomic E-state index is -0.354. The van der Waals surface area contributed by atoms with Crippen LogP contribution in [0.4, 0.5) is 0 Å². The van der Waals surface area contributed by atoms with Gasteiger partial charge in [0.2, 0.25) is 0 Å². The van der Waals surface area contributed by atoms with E-state index in [2.05, 4.69) is 19.2 Å². The lowest BCUT2D eigenvalue weighted by Gasteiger charge is -2.05. The zero-order valence-corrected chi connectivity index (χ0v) is 11.8. The molecule has 0 aromatic heterocycles. The van der Waals surface area contributed by atoms with E-state index >= 15 is 0 Å². The second-order valence-corrected chi connectivity index (χ2v) is 4.47. The lowest BCUT2D eigenvalue weighted by Crippen LogP contribution is -2.08. The Labute approximate surface area is 114 Å². The second kappa shape index (κ2) is 11.1. The maximum atomic E-state index is 11.1. The van der Waals surface area contributed by atoms with Crippen LogP contribution >= 0.6 is 12.6 Å². The number of hydrogen-bond donors (Lipinski definition) is 1. The van der Waals surface area contributed by atoms with E-state index in [1.807, 2.05) is 0 Å². The van der Waals surface area contributed by atoms with Crippen LogP contribution in [0, 0.1) is 0 Å². The van der Waals surface area contributed by atoms with Crippen molar-refractivity contribution in [2.75, 3.05) is 19.0 Å². The quantitative estimate of drug-likeness (QED) is 0.288. The number of carbonyl (C=O) groups is 2. The topological polar surface area (TPSA) is 52.6 Å². The summed E-state index contributed by atoms with van der Waals surface area (Å²) in [5.74, 6) is 0.175. The van der Waals surface area contributed by atoms with Gasteiger partial charge in [-0.15, -0.1) is 0 Å².